The van der Waals surface area contributed by atoms with E-state index in [2.05, 4.69) is 5.32 Å². The molecule has 2 N–H and O–H groups in total. The molecule has 1 aromatic rings. The second kappa shape index (κ2) is 6.40. The SMILES string of the molecule is CC(C)(C(=O)N[C@@H]1CCCC[C@H]1O)c1ccc2c(c1)OCCO2. The van der Waals surface area contributed by atoms with E-state index in [0.717, 1.165) is 37.0 Å². The number of rotatable bonds is 3. The zero-order chi connectivity index (χ0) is 16.4. The number of ether oxygens (including phenoxy) is 2. The summed E-state index contributed by atoms with van der Waals surface area (Å²) in [5.74, 6) is 1.34. The average molecular weight is 319 g/mol. The standard InChI is InChI=1S/C18H25NO4/c1-18(2,17(21)19-13-5-3-4-6-14(13)20)12-7-8-15-16(11-12)23-10-9-22-15/h7-8,11,13-14,20H,3-6,9-10H2,1-2H3,(H,19,21)/t13-,14-/m1/s1. The minimum Gasteiger partial charge on any atom is -0.486 e. The van der Waals surface area contributed by atoms with Crippen molar-refractivity contribution < 1.29 is 19.4 Å². The smallest absolute Gasteiger partial charge is 0.230 e. The van der Waals surface area contributed by atoms with Crippen LogP contribution in [0.3, 0.4) is 0 Å². The van der Waals surface area contributed by atoms with Crippen LogP contribution in [0.5, 0.6) is 11.5 Å². The van der Waals surface area contributed by atoms with Gasteiger partial charge in [-0.25, -0.2) is 0 Å². The number of carbonyl (C=O) groups excluding carboxylic acids is 1. The lowest BCUT2D eigenvalue weighted by atomic mass is 9.82. The van der Waals surface area contributed by atoms with Gasteiger partial charge in [-0.2, -0.15) is 0 Å². The van der Waals surface area contributed by atoms with Gasteiger partial charge in [0.2, 0.25) is 5.91 Å². The summed E-state index contributed by atoms with van der Waals surface area (Å²) >= 11 is 0. The lowest BCUT2D eigenvalue weighted by molar-refractivity contribution is -0.127. The Labute approximate surface area is 137 Å². The Morgan fingerprint density at radius 1 is 1.17 bits per heavy atom. The van der Waals surface area contributed by atoms with Crippen LogP contribution in [0, 0.1) is 0 Å². The number of amides is 1. The number of benzene rings is 1. The van der Waals surface area contributed by atoms with E-state index in [1.165, 1.54) is 0 Å². The van der Waals surface area contributed by atoms with Crippen molar-refractivity contribution in [3.63, 3.8) is 0 Å². The fraction of sp³-hybridized carbons (Fsp3) is 0.611. The summed E-state index contributed by atoms with van der Waals surface area (Å²) in [5.41, 5.74) is 0.178. The van der Waals surface area contributed by atoms with E-state index in [4.69, 9.17) is 9.47 Å². The molecule has 1 saturated carbocycles. The second-order valence-corrected chi connectivity index (χ2v) is 6.92. The van der Waals surface area contributed by atoms with Crippen molar-refractivity contribution in [2.75, 3.05) is 13.2 Å². The highest BCUT2D eigenvalue weighted by molar-refractivity contribution is 5.87. The first-order valence-corrected chi connectivity index (χ1v) is 8.37. The lowest BCUT2D eigenvalue weighted by Gasteiger charge is -2.33. The van der Waals surface area contributed by atoms with Crippen molar-refractivity contribution in [1.29, 1.82) is 0 Å². The molecule has 3 rings (SSSR count). The molecule has 2 atom stereocenters. The molecule has 0 unspecified atom stereocenters. The highest BCUT2D eigenvalue weighted by Crippen LogP contribution is 2.35. The second-order valence-electron chi connectivity index (χ2n) is 6.92. The molecule has 1 aliphatic carbocycles. The molecule has 1 aromatic carbocycles. The Bertz CT molecular complexity index is 584. The normalized spacial score (nSPS) is 24.1. The molecular weight excluding hydrogens is 294 g/mol. The molecule has 0 saturated heterocycles. The van der Waals surface area contributed by atoms with Gasteiger partial charge in [0.1, 0.15) is 13.2 Å². The predicted molar refractivity (Wildman–Crippen MR) is 86.9 cm³/mol. The number of fused-ring (bicyclic) bond motifs is 1. The van der Waals surface area contributed by atoms with Crippen LogP contribution in [0.1, 0.15) is 45.1 Å². The zero-order valence-electron chi connectivity index (χ0n) is 13.8. The lowest BCUT2D eigenvalue weighted by Crippen LogP contribution is -2.50. The number of carbonyl (C=O) groups is 1. The molecule has 0 bridgehead atoms. The topological polar surface area (TPSA) is 67.8 Å². The minimum absolute atomic E-state index is 0.0693. The third-order valence-electron chi connectivity index (χ3n) is 4.88. The largest absolute Gasteiger partial charge is 0.486 e. The van der Waals surface area contributed by atoms with E-state index in [1.807, 2.05) is 32.0 Å². The summed E-state index contributed by atoms with van der Waals surface area (Å²) in [7, 11) is 0. The van der Waals surface area contributed by atoms with Crippen molar-refractivity contribution in [2.45, 2.75) is 57.1 Å². The molecule has 1 amide bonds. The molecular formula is C18H25NO4. The summed E-state index contributed by atoms with van der Waals surface area (Å²) < 4.78 is 11.1. The zero-order valence-corrected chi connectivity index (χ0v) is 13.8. The number of hydrogen-bond donors (Lipinski definition) is 2. The van der Waals surface area contributed by atoms with E-state index in [1.54, 1.807) is 0 Å². The molecule has 126 valence electrons. The summed E-state index contributed by atoms with van der Waals surface area (Å²) in [6, 6.07) is 5.50. The van der Waals surface area contributed by atoms with Gasteiger partial charge in [-0.15, -0.1) is 0 Å². The number of hydrogen-bond acceptors (Lipinski definition) is 4. The molecule has 0 radical (unpaired) electrons. The maximum absolute atomic E-state index is 12.8. The molecule has 5 heteroatoms. The Morgan fingerprint density at radius 3 is 2.61 bits per heavy atom. The average Bonchev–Trinajstić information content (AvgIpc) is 2.56. The molecule has 1 heterocycles. The van der Waals surface area contributed by atoms with Gasteiger partial charge in [0.05, 0.1) is 17.6 Å². The van der Waals surface area contributed by atoms with E-state index in [9.17, 15) is 9.90 Å². The van der Waals surface area contributed by atoms with Gasteiger partial charge in [0, 0.05) is 0 Å². The fourth-order valence-electron chi connectivity index (χ4n) is 3.19. The Hall–Kier alpha value is -1.75. The van der Waals surface area contributed by atoms with E-state index in [0.29, 0.717) is 19.0 Å². The first-order valence-electron chi connectivity index (χ1n) is 8.37. The van der Waals surface area contributed by atoms with Crippen molar-refractivity contribution in [3.8, 4) is 11.5 Å². The Kier molecular flexibility index (Phi) is 4.48. The maximum atomic E-state index is 12.8. The Morgan fingerprint density at radius 2 is 1.87 bits per heavy atom. The molecule has 0 spiro atoms. The summed E-state index contributed by atoms with van der Waals surface area (Å²) in [6.07, 6.45) is 3.23. The minimum atomic E-state index is -0.701. The summed E-state index contributed by atoms with van der Waals surface area (Å²) in [6.45, 7) is 4.86. The van der Waals surface area contributed by atoms with Gasteiger partial charge < -0.3 is 19.9 Å². The van der Waals surface area contributed by atoms with Gasteiger partial charge in [0.15, 0.2) is 11.5 Å². The monoisotopic (exact) mass is 319 g/mol. The van der Waals surface area contributed by atoms with E-state index in [-0.39, 0.29) is 11.9 Å². The molecule has 2 aliphatic rings. The third kappa shape index (κ3) is 3.29. The van der Waals surface area contributed by atoms with Crippen molar-refractivity contribution >= 4 is 5.91 Å². The molecule has 23 heavy (non-hydrogen) atoms. The van der Waals surface area contributed by atoms with Gasteiger partial charge in [0.25, 0.3) is 0 Å². The van der Waals surface area contributed by atoms with Crippen LogP contribution >= 0.6 is 0 Å². The van der Waals surface area contributed by atoms with Crippen molar-refractivity contribution in [2.24, 2.45) is 0 Å². The highest BCUT2D eigenvalue weighted by Gasteiger charge is 2.34. The van der Waals surface area contributed by atoms with E-state index < -0.39 is 11.5 Å². The Balaban J connectivity index is 1.75. The van der Waals surface area contributed by atoms with Crippen molar-refractivity contribution in [1.82, 2.24) is 5.32 Å². The van der Waals surface area contributed by atoms with Crippen LogP contribution in [0.15, 0.2) is 18.2 Å². The highest BCUT2D eigenvalue weighted by atomic mass is 16.6. The fourth-order valence-corrected chi connectivity index (χ4v) is 3.19. The van der Waals surface area contributed by atoms with Crippen LogP contribution in [0.25, 0.3) is 0 Å². The van der Waals surface area contributed by atoms with Crippen LogP contribution < -0.4 is 14.8 Å². The summed E-state index contributed by atoms with van der Waals surface area (Å²) in [4.78, 5) is 12.8. The number of aliphatic hydroxyl groups is 1. The quantitative estimate of drug-likeness (QED) is 0.896. The van der Waals surface area contributed by atoms with Gasteiger partial charge in [-0.3, -0.25) is 4.79 Å². The van der Waals surface area contributed by atoms with Gasteiger partial charge in [-0.05, 0) is 44.4 Å². The molecule has 1 aliphatic heterocycles. The van der Waals surface area contributed by atoms with Crippen LogP contribution in [-0.4, -0.2) is 36.4 Å². The van der Waals surface area contributed by atoms with Crippen molar-refractivity contribution in [3.05, 3.63) is 23.8 Å². The van der Waals surface area contributed by atoms with Crippen LogP contribution in [-0.2, 0) is 10.2 Å². The molecule has 0 aromatic heterocycles. The van der Waals surface area contributed by atoms with Crippen LogP contribution in [0.2, 0.25) is 0 Å². The number of aliphatic hydroxyl groups excluding tert-OH is 1. The first kappa shape index (κ1) is 16.1. The number of nitrogens with one attached hydrogen (secondary N) is 1. The third-order valence-corrected chi connectivity index (χ3v) is 4.88. The summed E-state index contributed by atoms with van der Waals surface area (Å²) in [5, 5.41) is 13.1. The molecule has 1 fully saturated rings. The van der Waals surface area contributed by atoms with Crippen LogP contribution in [0.4, 0.5) is 0 Å². The van der Waals surface area contributed by atoms with Gasteiger partial charge >= 0.3 is 0 Å². The van der Waals surface area contributed by atoms with E-state index >= 15 is 0 Å². The predicted octanol–water partition coefficient (Wildman–Crippen LogP) is 2.16. The first-order chi connectivity index (χ1) is 11.0. The maximum Gasteiger partial charge on any atom is 0.230 e. The molecule has 5 nitrogen and oxygen atoms in total. The van der Waals surface area contributed by atoms with Gasteiger partial charge in [-0.1, -0.05) is 18.9 Å².